The molecule has 3 nitrogen and oxygen atoms in total. The monoisotopic (exact) mass is 273 g/mol. The molecule has 108 valence electrons. The summed E-state index contributed by atoms with van der Waals surface area (Å²) in [7, 11) is 0. The first-order valence-corrected chi connectivity index (χ1v) is 6.55. The summed E-state index contributed by atoms with van der Waals surface area (Å²) < 4.78 is 37.1. The molecule has 0 fully saturated rings. The lowest BCUT2D eigenvalue weighted by atomic mass is 10.2. The van der Waals surface area contributed by atoms with Crippen LogP contribution in [0.1, 0.15) is 25.8 Å². The van der Waals surface area contributed by atoms with Crippen molar-refractivity contribution in [2.45, 2.75) is 33.1 Å². The van der Waals surface area contributed by atoms with Crippen molar-refractivity contribution in [3.63, 3.8) is 0 Å². The molecule has 5 heteroatoms. The van der Waals surface area contributed by atoms with Crippen molar-refractivity contribution in [3.8, 4) is 0 Å². The molecule has 0 aromatic heterocycles. The largest absolute Gasteiger partial charge is 0.353 e. The van der Waals surface area contributed by atoms with Crippen LogP contribution < -0.4 is 5.32 Å². The average molecular weight is 273 g/mol. The molecule has 1 aromatic rings. The van der Waals surface area contributed by atoms with Crippen LogP contribution >= 0.6 is 0 Å². The van der Waals surface area contributed by atoms with Crippen LogP contribution in [0.25, 0.3) is 0 Å². The van der Waals surface area contributed by atoms with Gasteiger partial charge in [0.05, 0.1) is 0 Å². The Morgan fingerprint density at radius 1 is 1.16 bits per heavy atom. The normalized spacial score (nSPS) is 11.2. The fraction of sp³-hybridized carbons (Fsp3) is 0.571. The predicted octanol–water partition coefficient (Wildman–Crippen LogP) is 2.84. The zero-order valence-corrected chi connectivity index (χ0v) is 11.4. The quantitative estimate of drug-likeness (QED) is 0.554. The molecular formula is C14H21F2NO2. The number of rotatable bonds is 9. The molecule has 0 saturated heterocycles. The van der Waals surface area contributed by atoms with Gasteiger partial charge in [0.15, 0.2) is 6.29 Å². The minimum absolute atomic E-state index is 0.250. The summed E-state index contributed by atoms with van der Waals surface area (Å²) in [5.41, 5.74) is 0.323. The van der Waals surface area contributed by atoms with E-state index in [1.807, 2.05) is 13.8 Å². The second kappa shape index (κ2) is 8.96. The van der Waals surface area contributed by atoms with Crippen molar-refractivity contribution in [1.82, 2.24) is 5.32 Å². The van der Waals surface area contributed by atoms with Crippen LogP contribution in [0, 0.1) is 11.6 Å². The molecule has 0 aliphatic carbocycles. The highest BCUT2D eigenvalue weighted by molar-refractivity contribution is 5.18. The van der Waals surface area contributed by atoms with Gasteiger partial charge in [-0.05, 0) is 32.0 Å². The van der Waals surface area contributed by atoms with Crippen molar-refractivity contribution in [2.24, 2.45) is 0 Å². The van der Waals surface area contributed by atoms with Crippen molar-refractivity contribution < 1.29 is 18.3 Å². The molecule has 0 amide bonds. The third kappa shape index (κ3) is 6.09. The van der Waals surface area contributed by atoms with E-state index >= 15 is 0 Å². The maximum Gasteiger partial charge on any atom is 0.158 e. The van der Waals surface area contributed by atoms with Gasteiger partial charge in [0, 0.05) is 38.3 Å². The summed E-state index contributed by atoms with van der Waals surface area (Å²) in [6.45, 7) is 5.88. The molecule has 0 spiro atoms. The molecule has 1 aromatic carbocycles. The van der Waals surface area contributed by atoms with Crippen LogP contribution in [0.5, 0.6) is 0 Å². The molecule has 0 aliphatic heterocycles. The van der Waals surface area contributed by atoms with Gasteiger partial charge in [-0.1, -0.05) is 0 Å². The highest BCUT2D eigenvalue weighted by atomic mass is 19.1. The predicted molar refractivity (Wildman–Crippen MR) is 69.7 cm³/mol. The summed E-state index contributed by atoms with van der Waals surface area (Å²) in [6.07, 6.45) is 0.415. The van der Waals surface area contributed by atoms with Crippen LogP contribution in [-0.4, -0.2) is 26.0 Å². The molecule has 0 heterocycles. The molecule has 1 rings (SSSR count). The lowest BCUT2D eigenvalue weighted by Gasteiger charge is -2.17. The highest BCUT2D eigenvalue weighted by Gasteiger charge is 2.08. The van der Waals surface area contributed by atoms with Gasteiger partial charge in [0.1, 0.15) is 11.6 Å². The molecule has 0 atom stereocenters. The number of ether oxygens (including phenoxy) is 2. The zero-order valence-electron chi connectivity index (χ0n) is 11.4. The van der Waals surface area contributed by atoms with E-state index in [-0.39, 0.29) is 12.8 Å². The molecule has 0 radical (unpaired) electrons. The van der Waals surface area contributed by atoms with Crippen molar-refractivity contribution >= 4 is 0 Å². The maximum absolute atomic E-state index is 13.3. The van der Waals surface area contributed by atoms with Crippen LogP contribution in [0.2, 0.25) is 0 Å². The number of nitrogens with one attached hydrogen (secondary N) is 1. The second-order valence-electron chi connectivity index (χ2n) is 4.04. The topological polar surface area (TPSA) is 30.5 Å². The summed E-state index contributed by atoms with van der Waals surface area (Å²) in [5, 5.41) is 3.05. The van der Waals surface area contributed by atoms with Crippen LogP contribution in [0.15, 0.2) is 18.2 Å². The number of halogens is 2. The minimum Gasteiger partial charge on any atom is -0.353 e. The van der Waals surface area contributed by atoms with Gasteiger partial charge in [-0.25, -0.2) is 8.78 Å². The van der Waals surface area contributed by atoms with Crippen LogP contribution in [0.4, 0.5) is 8.78 Å². The molecular weight excluding hydrogens is 252 g/mol. The van der Waals surface area contributed by atoms with E-state index < -0.39 is 11.6 Å². The Labute approximate surface area is 112 Å². The van der Waals surface area contributed by atoms with Gasteiger partial charge in [0.2, 0.25) is 0 Å². The Balaban J connectivity index is 2.31. The second-order valence-corrected chi connectivity index (χ2v) is 4.04. The average Bonchev–Trinajstić information content (AvgIpc) is 2.39. The fourth-order valence-corrected chi connectivity index (χ4v) is 1.71. The lowest BCUT2D eigenvalue weighted by Crippen LogP contribution is -2.25. The molecule has 0 bridgehead atoms. The van der Waals surface area contributed by atoms with Gasteiger partial charge >= 0.3 is 0 Å². The molecule has 0 unspecified atom stereocenters. The van der Waals surface area contributed by atoms with Gasteiger partial charge in [-0.3, -0.25) is 0 Å². The van der Waals surface area contributed by atoms with E-state index in [0.29, 0.717) is 31.7 Å². The Morgan fingerprint density at radius 2 is 1.84 bits per heavy atom. The van der Waals surface area contributed by atoms with Crippen LogP contribution in [0.3, 0.4) is 0 Å². The van der Waals surface area contributed by atoms with Crippen molar-refractivity contribution in [3.05, 3.63) is 35.4 Å². The highest BCUT2D eigenvalue weighted by Crippen LogP contribution is 2.09. The van der Waals surface area contributed by atoms with Gasteiger partial charge < -0.3 is 14.8 Å². The van der Waals surface area contributed by atoms with E-state index in [4.69, 9.17) is 9.47 Å². The standard InChI is InChI=1S/C14H21F2NO2/c1-3-18-14(19-4-2)7-8-17-10-11-9-12(15)5-6-13(11)16/h5-6,9,14,17H,3-4,7-8,10H2,1-2H3. The van der Waals surface area contributed by atoms with Gasteiger partial charge in [-0.2, -0.15) is 0 Å². The van der Waals surface area contributed by atoms with Gasteiger partial charge in [-0.15, -0.1) is 0 Å². The molecule has 19 heavy (non-hydrogen) atoms. The number of hydrogen-bond acceptors (Lipinski definition) is 3. The Morgan fingerprint density at radius 3 is 2.47 bits per heavy atom. The summed E-state index contributed by atoms with van der Waals surface area (Å²) >= 11 is 0. The summed E-state index contributed by atoms with van der Waals surface area (Å²) in [6, 6.07) is 3.44. The first-order valence-electron chi connectivity index (χ1n) is 6.55. The summed E-state index contributed by atoms with van der Waals surface area (Å²) in [5.74, 6) is -0.834. The lowest BCUT2D eigenvalue weighted by molar-refractivity contribution is -0.138. The van der Waals surface area contributed by atoms with Crippen LogP contribution in [-0.2, 0) is 16.0 Å². The zero-order chi connectivity index (χ0) is 14.1. The Kier molecular flexibility index (Phi) is 7.55. The smallest absolute Gasteiger partial charge is 0.158 e. The van der Waals surface area contributed by atoms with E-state index in [2.05, 4.69) is 5.32 Å². The third-order valence-corrected chi connectivity index (χ3v) is 2.59. The molecule has 0 saturated carbocycles. The fourth-order valence-electron chi connectivity index (χ4n) is 1.71. The number of hydrogen-bond donors (Lipinski definition) is 1. The van der Waals surface area contributed by atoms with Gasteiger partial charge in [0.25, 0.3) is 0 Å². The minimum atomic E-state index is -0.431. The first-order chi connectivity index (χ1) is 9.17. The first kappa shape index (κ1) is 16.0. The molecule has 0 aliphatic rings. The molecule has 1 N–H and O–H groups in total. The number of benzene rings is 1. The Bertz CT molecular complexity index is 368. The Hall–Kier alpha value is -1.04. The van der Waals surface area contributed by atoms with E-state index in [9.17, 15) is 8.78 Å². The van der Waals surface area contributed by atoms with E-state index in [1.54, 1.807) is 0 Å². The van der Waals surface area contributed by atoms with Crippen molar-refractivity contribution in [2.75, 3.05) is 19.8 Å². The SMILES string of the molecule is CCOC(CCNCc1cc(F)ccc1F)OCC. The third-order valence-electron chi connectivity index (χ3n) is 2.59. The van der Waals surface area contributed by atoms with Crippen molar-refractivity contribution in [1.29, 1.82) is 0 Å². The maximum atomic E-state index is 13.3. The van der Waals surface area contributed by atoms with E-state index in [1.165, 1.54) is 6.07 Å². The van der Waals surface area contributed by atoms with E-state index in [0.717, 1.165) is 12.1 Å². The summed E-state index contributed by atoms with van der Waals surface area (Å²) in [4.78, 5) is 0.